The van der Waals surface area contributed by atoms with E-state index in [1.54, 1.807) is 6.20 Å². The van der Waals surface area contributed by atoms with Crippen LogP contribution in [0.4, 0.5) is 11.8 Å². The van der Waals surface area contributed by atoms with Gasteiger partial charge in [0.05, 0.1) is 19.4 Å². The van der Waals surface area contributed by atoms with Crippen molar-refractivity contribution in [3.63, 3.8) is 0 Å². The molecule has 0 amide bonds. The Morgan fingerprint density at radius 3 is 2.68 bits per heavy atom. The Labute approximate surface area is 131 Å². The molecule has 2 fully saturated rings. The highest BCUT2D eigenvalue weighted by Gasteiger charge is 2.17. The van der Waals surface area contributed by atoms with Gasteiger partial charge in [0, 0.05) is 52.4 Å². The molecule has 1 N–H and O–H groups in total. The normalized spacial score (nSPS) is 21.0. The van der Waals surface area contributed by atoms with Crippen molar-refractivity contribution in [1.82, 2.24) is 25.0 Å². The van der Waals surface area contributed by atoms with E-state index < -0.39 is 0 Å². The fraction of sp³-hybridized carbons (Fsp3) is 0.786. The number of ether oxygens (including phenoxy) is 1. The third-order valence-corrected chi connectivity index (χ3v) is 4.17. The molecule has 3 rings (SSSR count). The average molecular weight is 307 g/mol. The zero-order valence-corrected chi connectivity index (χ0v) is 13.2. The smallest absolute Gasteiger partial charge is 0.247 e. The fourth-order valence-corrected chi connectivity index (χ4v) is 2.69. The monoisotopic (exact) mass is 307 g/mol. The Kier molecular flexibility index (Phi) is 5.36. The zero-order valence-electron chi connectivity index (χ0n) is 13.2. The van der Waals surface area contributed by atoms with Gasteiger partial charge in [-0.3, -0.25) is 4.90 Å². The Bertz CT molecular complexity index is 458. The summed E-state index contributed by atoms with van der Waals surface area (Å²) in [5.41, 5.74) is 0. The Hall–Kier alpha value is -1.51. The molecule has 8 heteroatoms. The molecule has 0 atom stereocenters. The van der Waals surface area contributed by atoms with Crippen LogP contribution in [0.3, 0.4) is 0 Å². The maximum absolute atomic E-state index is 5.35. The van der Waals surface area contributed by atoms with E-state index in [1.165, 1.54) is 0 Å². The number of rotatable bonds is 5. The molecule has 2 saturated heterocycles. The zero-order chi connectivity index (χ0) is 15.2. The van der Waals surface area contributed by atoms with Gasteiger partial charge in [-0.1, -0.05) is 0 Å². The lowest BCUT2D eigenvalue weighted by Gasteiger charge is -2.32. The van der Waals surface area contributed by atoms with Gasteiger partial charge in [-0.25, -0.2) is 0 Å². The molecule has 0 saturated carbocycles. The van der Waals surface area contributed by atoms with Crippen molar-refractivity contribution in [1.29, 1.82) is 0 Å². The molecule has 2 aliphatic rings. The number of likely N-dealkylation sites (N-methyl/N-ethyl adjacent to an activating group) is 1. The molecule has 8 nitrogen and oxygen atoms in total. The van der Waals surface area contributed by atoms with Crippen molar-refractivity contribution in [2.24, 2.45) is 0 Å². The summed E-state index contributed by atoms with van der Waals surface area (Å²) in [6.07, 6.45) is 1.69. The highest BCUT2D eigenvalue weighted by Crippen LogP contribution is 2.11. The summed E-state index contributed by atoms with van der Waals surface area (Å²) >= 11 is 0. The standard InChI is InChI=1S/C14H25N7O/c1-19-4-6-21(7-5-19)14-17-13(12-16-18-14)15-2-3-20-8-10-22-11-9-20/h12H,2-11H2,1H3,(H,15,17,18). The first-order chi connectivity index (χ1) is 10.8. The Balaban J connectivity index is 1.48. The second-order valence-electron chi connectivity index (χ2n) is 5.81. The van der Waals surface area contributed by atoms with Gasteiger partial charge in [0.1, 0.15) is 0 Å². The topological polar surface area (TPSA) is 69.7 Å². The molecule has 0 unspecified atom stereocenters. The lowest BCUT2D eigenvalue weighted by molar-refractivity contribution is 0.0398. The number of aromatic nitrogens is 3. The molecule has 22 heavy (non-hydrogen) atoms. The van der Waals surface area contributed by atoms with Crippen molar-refractivity contribution in [2.45, 2.75) is 0 Å². The highest BCUT2D eigenvalue weighted by atomic mass is 16.5. The van der Waals surface area contributed by atoms with Crippen LogP contribution in [0.25, 0.3) is 0 Å². The number of piperazine rings is 1. The van der Waals surface area contributed by atoms with Gasteiger partial charge in [-0.15, -0.1) is 5.10 Å². The van der Waals surface area contributed by atoms with E-state index >= 15 is 0 Å². The van der Waals surface area contributed by atoms with Crippen LogP contribution in [0, 0.1) is 0 Å². The molecule has 122 valence electrons. The van der Waals surface area contributed by atoms with E-state index in [9.17, 15) is 0 Å². The van der Waals surface area contributed by atoms with Gasteiger partial charge >= 0.3 is 0 Å². The Morgan fingerprint density at radius 1 is 1.14 bits per heavy atom. The van der Waals surface area contributed by atoms with Crippen molar-refractivity contribution < 1.29 is 4.74 Å². The Morgan fingerprint density at radius 2 is 1.91 bits per heavy atom. The SMILES string of the molecule is CN1CCN(c2nncc(NCCN3CCOCC3)n2)CC1. The second-order valence-corrected chi connectivity index (χ2v) is 5.81. The first kappa shape index (κ1) is 15.4. The third kappa shape index (κ3) is 4.25. The number of nitrogens with one attached hydrogen (secondary N) is 1. The first-order valence-electron chi connectivity index (χ1n) is 7.98. The van der Waals surface area contributed by atoms with Crippen LogP contribution in [-0.2, 0) is 4.74 Å². The predicted octanol–water partition coefficient (Wildman–Crippen LogP) is -0.632. The summed E-state index contributed by atoms with van der Waals surface area (Å²) in [5, 5.41) is 11.6. The molecular weight excluding hydrogens is 282 g/mol. The van der Waals surface area contributed by atoms with E-state index in [2.05, 4.69) is 42.2 Å². The molecule has 0 radical (unpaired) electrons. The summed E-state index contributed by atoms with van der Waals surface area (Å²) in [6, 6.07) is 0. The van der Waals surface area contributed by atoms with Crippen LogP contribution >= 0.6 is 0 Å². The summed E-state index contributed by atoms with van der Waals surface area (Å²) < 4.78 is 5.35. The van der Waals surface area contributed by atoms with Crippen molar-refractivity contribution in [3.05, 3.63) is 6.20 Å². The van der Waals surface area contributed by atoms with Crippen LogP contribution in [0.1, 0.15) is 0 Å². The number of anilines is 2. The maximum Gasteiger partial charge on any atom is 0.247 e. The summed E-state index contributed by atoms with van der Waals surface area (Å²) in [6.45, 7) is 9.54. The van der Waals surface area contributed by atoms with Crippen molar-refractivity contribution >= 4 is 11.8 Å². The lowest BCUT2D eigenvalue weighted by atomic mass is 10.3. The van der Waals surface area contributed by atoms with Crippen LogP contribution < -0.4 is 10.2 Å². The van der Waals surface area contributed by atoms with Crippen molar-refractivity contribution in [3.8, 4) is 0 Å². The predicted molar refractivity (Wildman–Crippen MR) is 85.3 cm³/mol. The van der Waals surface area contributed by atoms with Gasteiger partial charge in [0.2, 0.25) is 5.95 Å². The largest absolute Gasteiger partial charge is 0.379 e. The van der Waals surface area contributed by atoms with Crippen LogP contribution in [0.15, 0.2) is 6.20 Å². The molecule has 2 aliphatic heterocycles. The van der Waals surface area contributed by atoms with Gasteiger partial charge in [0.25, 0.3) is 0 Å². The lowest BCUT2D eigenvalue weighted by Crippen LogP contribution is -2.45. The van der Waals surface area contributed by atoms with Gasteiger partial charge in [-0.05, 0) is 7.05 Å². The molecule has 0 bridgehead atoms. The van der Waals surface area contributed by atoms with E-state index in [1.807, 2.05) is 0 Å². The molecule has 1 aromatic rings. The van der Waals surface area contributed by atoms with E-state index in [0.29, 0.717) is 0 Å². The van der Waals surface area contributed by atoms with Gasteiger partial charge in [0.15, 0.2) is 5.82 Å². The van der Waals surface area contributed by atoms with Crippen LogP contribution in [-0.4, -0.2) is 97.6 Å². The first-order valence-corrected chi connectivity index (χ1v) is 7.98. The third-order valence-electron chi connectivity index (χ3n) is 4.17. The van der Waals surface area contributed by atoms with E-state index in [-0.39, 0.29) is 0 Å². The number of hydrogen-bond donors (Lipinski definition) is 1. The van der Waals surface area contributed by atoms with E-state index in [4.69, 9.17) is 4.74 Å². The molecule has 0 aromatic carbocycles. The fourth-order valence-electron chi connectivity index (χ4n) is 2.69. The number of hydrogen-bond acceptors (Lipinski definition) is 8. The summed E-state index contributed by atoms with van der Waals surface area (Å²) in [7, 11) is 2.14. The van der Waals surface area contributed by atoms with Gasteiger partial charge < -0.3 is 19.9 Å². The van der Waals surface area contributed by atoms with E-state index in [0.717, 1.165) is 77.3 Å². The maximum atomic E-state index is 5.35. The summed E-state index contributed by atoms with van der Waals surface area (Å²) in [4.78, 5) is 11.5. The molecule has 0 spiro atoms. The quantitative estimate of drug-likeness (QED) is 0.771. The van der Waals surface area contributed by atoms with Gasteiger partial charge in [-0.2, -0.15) is 10.1 Å². The average Bonchev–Trinajstić information content (AvgIpc) is 2.57. The highest BCUT2D eigenvalue weighted by molar-refractivity contribution is 5.39. The molecule has 3 heterocycles. The number of nitrogens with zero attached hydrogens (tertiary/aromatic N) is 6. The van der Waals surface area contributed by atoms with Crippen molar-refractivity contribution in [2.75, 3.05) is 82.8 Å². The molecular formula is C14H25N7O. The summed E-state index contributed by atoms with van der Waals surface area (Å²) in [5.74, 6) is 1.53. The number of morpholine rings is 1. The minimum absolute atomic E-state index is 0.726. The second kappa shape index (κ2) is 7.66. The molecule has 1 aromatic heterocycles. The molecule has 0 aliphatic carbocycles. The van der Waals surface area contributed by atoms with Crippen LogP contribution in [0.2, 0.25) is 0 Å². The minimum Gasteiger partial charge on any atom is -0.379 e. The van der Waals surface area contributed by atoms with Crippen LogP contribution in [0.5, 0.6) is 0 Å². The minimum atomic E-state index is 0.726.